The van der Waals surface area contributed by atoms with E-state index in [9.17, 15) is 4.79 Å². The smallest absolute Gasteiger partial charge is 0.251 e. The van der Waals surface area contributed by atoms with Crippen LogP contribution in [-0.2, 0) is 12.8 Å². The minimum absolute atomic E-state index is 0.0124. The predicted molar refractivity (Wildman–Crippen MR) is 143 cm³/mol. The van der Waals surface area contributed by atoms with Gasteiger partial charge in [-0.1, -0.05) is 43.7 Å². The van der Waals surface area contributed by atoms with Crippen LogP contribution in [0.4, 0.5) is 0 Å². The van der Waals surface area contributed by atoms with E-state index < -0.39 is 0 Å². The van der Waals surface area contributed by atoms with E-state index in [0.29, 0.717) is 6.54 Å². The summed E-state index contributed by atoms with van der Waals surface area (Å²) in [5.41, 5.74) is 7.26. The number of hydrogen-bond acceptors (Lipinski definition) is 3. The van der Waals surface area contributed by atoms with Crippen molar-refractivity contribution < 1.29 is 4.79 Å². The van der Waals surface area contributed by atoms with Crippen molar-refractivity contribution in [3.8, 4) is 16.9 Å². The zero-order chi connectivity index (χ0) is 24.0. The van der Waals surface area contributed by atoms with Crippen molar-refractivity contribution in [1.82, 2.24) is 19.7 Å². The molecule has 0 bridgehead atoms. The Kier molecular flexibility index (Phi) is 7.65. The van der Waals surface area contributed by atoms with Crippen molar-refractivity contribution in [3.05, 3.63) is 77.5 Å². The fourth-order valence-corrected chi connectivity index (χ4v) is 5.51. The number of rotatable bonds is 7. The minimum atomic E-state index is 0.0124. The van der Waals surface area contributed by atoms with Crippen LogP contribution in [0.2, 0.25) is 0 Å². The van der Waals surface area contributed by atoms with Crippen molar-refractivity contribution in [2.24, 2.45) is 0 Å². The van der Waals surface area contributed by atoms with E-state index in [1.165, 1.54) is 41.8 Å². The average molecular weight is 471 g/mol. The number of aromatic nitrogens is 1. The fourth-order valence-electron chi connectivity index (χ4n) is 5.51. The Morgan fingerprint density at radius 1 is 0.857 bits per heavy atom. The molecule has 5 nitrogen and oxygen atoms in total. The van der Waals surface area contributed by atoms with Gasteiger partial charge in [0.1, 0.15) is 0 Å². The van der Waals surface area contributed by atoms with Gasteiger partial charge >= 0.3 is 0 Å². The number of aryl methyl sites for hydroxylation is 1. The molecule has 1 aliphatic heterocycles. The number of carbonyl (C=O) groups is 1. The number of fused-ring (bicyclic) bond motifs is 1. The van der Waals surface area contributed by atoms with Gasteiger partial charge in [0.15, 0.2) is 0 Å². The van der Waals surface area contributed by atoms with Crippen molar-refractivity contribution in [3.63, 3.8) is 0 Å². The van der Waals surface area contributed by atoms with Crippen LogP contribution in [0.1, 0.15) is 47.8 Å². The van der Waals surface area contributed by atoms with Crippen molar-refractivity contribution in [1.29, 1.82) is 0 Å². The van der Waals surface area contributed by atoms with Gasteiger partial charge < -0.3 is 14.8 Å². The molecule has 5 heteroatoms. The highest BCUT2D eigenvalue weighted by molar-refractivity contribution is 5.94. The molecule has 0 atom stereocenters. The lowest BCUT2D eigenvalue weighted by Gasteiger charge is -2.33. The van der Waals surface area contributed by atoms with Gasteiger partial charge in [0.05, 0.1) is 5.69 Å². The van der Waals surface area contributed by atoms with Crippen molar-refractivity contribution in [2.75, 3.05) is 45.8 Å². The molecule has 0 saturated carbocycles. The number of hydrogen-bond donors (Lipinski definition) is 1. The molecule has 2 aliphatic rings. The Morgan fingerprint density at radius 2 is 1.57 bits per heavy atom. The summed E-state index contributed by atoms with van der Waals surface area (Å²) >= 11 is 0. The van der Waals surface area contributed by atoms with Crippen LogP contribution in [0.5, 0.6) is 0 Å². The molecule has 0 unspecified atom stereocenters. The summed E-state index contributed by atoms with van der Waals surface area (Å²) in [4.78, 5) is 17.7. The first-order valence-electron chi connectivity index (χ1n) is 13.3. The monoisotopic (exact) mass is 470 g/mol. The molecule has 1 amide bonds. The summed E-state index contributed by atoms with van der Waals surface area (Å²) in [6.45, 7) is 9.37. The lowest BCUT2D eigenvalue weighted by Crippen LogP contribution is -2.48. The molecule has 2 heterocycles. The molecule has 1 aliphatic carbocycles. The molecule has 1 N–H and O–H groups in total. The molecule has 1 fully saturated rings. The quantitative estimate of drug-likeness (QED) is 0.505. The highest BCUT2D eigenvalue weighted by atomic mass is 16.1. The van der Waals surface area contributed by atoms with Crippen LogP contribution in [0, 0.1) is 0 Å². The second-order valence-corrected chi connectivity index (χ2v) is 9.84. The van der Waals surface area contributed by atoms with E-state index in [2.05, 4.69) is 75.1 Å². The van der Waals surface area contributed by atoms with Crippen LogP contribution in [0.3, 0.4) is 0 Å². The van der Waals surface area contributed by atoms with E-state index in [-0.39, 0.29) is 5.91 Å². The summed E-state index contributed by atoms with van der Waals surface area (Å²) in [7, 11) is 0. The Hall–Kier alpha value is -2.89. The van der Waals surface area contributed by atoms with Gasteiger partial charge in [0.2, 0.25) is 0 Å². The number of benzene rings is 2. The maximum atomic E-state index is 12.8. The molecule has 1 aromatic heterocycles. The molecule has 2 aromatic carbocycles. The van der Waals surface area contributed by atoms with Gasteiger partial charge in [-0.2, -0.15) is 0 Å². The molecule has 35 heavy (non-hydrogen) atoms. The summed E-state index contributed by atoms with van der Waals surface area (Å²) in [5.74, 6) is 0.0124. The van der Waals surface area contributed by atoms with E-state index in [1.54, 1.807) is 0 Å². The highest BCUT2D eigenvalue weighted by Crippen LogP contribution is 2.33. The standard InChI is InChI=1S/C30H38N4O/c1-2-32-19-21-33(22-20-32)18-17-31-30(35)25-13-15-27(16-14-25)34-28-12-8-4-7-11-26(28)23-29(34)24-9-5-3-6-10-24/h3,5-6,9-10,13-16,23H,2,4,7-8,11-12,17-22H2,1H3,(H,31,35). The normalized spacial score (nSPS) is 17.1. The minimum Gasteiger partial charge on any atom is -0.351 e. The van der Waals surface area contributed by atoms with Crippen LogP contribution in [-0.4, -0.2) is 66.1 Å². The van der Waals surface area contributed by atoms with Crippen LogP contribution < -0.4 is 5.32 Å². The summed E-state index contributed by atoms with van der Waals surface area (Å²) < 4.78 is 2.42. The van der Waals surface area contributed by atoms with E-state index in [0.717, 1.165) is 63.4 Å². The van der Waals surface area contributed by atoms with Gasteiger partial charge in [-0.25, -0.2) is 0 Å². The van der Waals surface area contributed by atoms with Crippen molar-refractivity contribution >= 4 is 5.91 Å². The maximum absolute atomic E-state index is 12.8. The van der Waals surface area contributed by atoms with Gasteiger partial charge in [0, 0.05) is 56.2 Å². The molecule has 1 saturated heterocycles. The Bertz CT molecular complexity index is 1110. The topological polar surface area (TPSA) is 40.5 Å². The van der Waals surface area contributed by atoms with Crippen LogP contribution in [0.25, 0.3) is 16.9 Å². The van der Waals surface area contributed by atoms with E-state index in [1.807, 2.05) is 12.1 Å². The Labute approximate surface area is 209 Å². The molecular formula is C30H38N4O. The maximum Gasteiger partial charge on any atom is 0.251 e. The number of carbonyl (C=O) groups excluding carboxylic acids is 1. The van der Waals surface area contributed by atoms with Gasteiger partial charge in [-0.05, 0) is 73.7 Å². The second kappa shape index (κ2) is 11.2. The first kappa shape index (κ1) is 23.8. The van der Waals surface area contributed by atoms with Crippen LogP contribution in [0.15, 0.2) is 60.7 Å². The summed E-state index contributed by atoms with van der Waals surface area (Å²) in [6.07, 6.45) is 6.05. The van der Waals surface area contributed by atoms with E-state index in [4.69, 9.17) is 0 Å². The molecule has 0 spiro atoms. The van der Waals surface area contributed by atoms with E-state index >= 15 is 0 Å². The molecule has 184 valence electrons. The lowest BCUT2D eigenvalue weighted by molar-refractivity contribution is 0.0938. The van der Waals surface area contributed by atoms with Crippen molar-refractivity contribution in [2.45, 2.75) is 39.0 Å². The fraction of sp³-hybridized carbons (Fsp3) is 0.433. The predicted octanol–water partition coefficient (Wildman–Crippen LogP) is 4.78. The van der Waals surface area contributed by atoms with Gasteiger partial charge in [0.25, 0.3) is 5.91 Å². The lowest BCUT2D eigenvalue weighted by atomic mass is 10.1. The van der Waals surface area contributed by atoms with Gasteiger partial charge in [-0.15, -0.1) is 0 Å². The highest BCUT2D eigenvalue weighted by Gasteiger charge is 2.20. The third-order valence-corrected chi connectivity index (χ3v) is 7.64. The second-order valence-electron chi connectivity index (χ2n) is 9.84. The number of likely N-dealkylation sites (N-methyl/N-ethyl adjacent to an activating group) is 1. The Balaban J connectivity index is 1.29. The largest absolute Gasteiger partial charge is 0.351 e. The Morgan fingerprint density at radius 3 is 2.31 bits per heavy atom. The molecule has 5 rings (SSSR count). The zero-order valence-corrected chi connectivity index (χ0v) is 21.0. The van der Waals surface area contributed by atoms with Crippen LogP contribution >= 0.6 is 0 Å². The third-order valence-electron chi connectivity index (χ3n) is 7.64. The molecular weight excluding hydrogens is 432 g/mol. The molecule has 3 aromatic rings. The van der Waals surface area contributed by atoms with Gasteiger partial charge in [-0.3, -0.25) is 9.69 Å². The number of nitrogens with zero attached hydrogens (tertiary/aromatic N) is 3. The third kappa shape index (κ3) is 5.52. The number of nitrogens with one attached hydrogen (secondary N) is 1. The first-order valence-corrected chi connectivity index (χ1v) is 13.3. The summed E-state index contributed by atoms with van der Waals surface area (Å²) in [6, 6.07) is 21.2. The average Bonchev–Trinajstić information content (AvgIpc) is 3.12. The zero-order valence-electron chi connectivity index (χ0n) is 21.0. The molecule has 0 radical (unpaired) electrons. The number of piperazine rings is 1. The first-order chi connectivity index (χ1) is 17.2. The SMILES string of the molecule is CCN1CCN(CCNC(=O)c2ccc(-n3c(-c4ccccc4)cc4c3CCCCC4)cc2)CC1. The summed E-state index contributed by atoms with van der Waals surface area (Å²) in [5, 5.41) is 3.12. The number of amides is 1.